The van der Waals surface area contributed by atoms with E-state index in [2.05, 4.69) is 16.0 Å². The largest absolute Gasteiger partial charge is 0.479 e. The molecule has 4 aromatic rings. The highest BCUT2D eigenvalue weighted by Gasteiger charge is 2.55. The maximum absolute atomic E-state index is 14.0. The zero-order chi connectivity index (χ0) is 30.2. The molecule has 1 aliphatic rings. The number of likely N-dealkylation sites (tertiary alicyclic amines) is 1. The molecule has 0 saturated carbocycles. The summed E-state index contributed by atoms with van der Waals surface area (Å²) in [4.78, 5) is 41.9. The maximum Gasteiger partial charge on any atom is 0.339 e. The van der Waals surface area contributed by atoms with Gasteiger partial charge in [-0.05, 0) is 65.5 Å². The number of hydrogen-bond acceptors (Lipinski definition) is 5. The van der Waals surface area contributed by atoms with Gasteiger partial charge in [0, 0.05) is 18.8 Å². The van der Waals surface area contributed by atoms with Gasteiger partial charge in [0.1, 0.15) is 0 Å². The van der Waals surface area contributed by atoms with Crippen molar-refractivity contribution in [3.05, 3.63) is 114 Å². The van der Waals surface area contributed by atoms with E-state index in [1.165, 1.54) is 4.90 Å². The summed E-state index contributed by atoms with van der Waals surface area (Å²) >= 11 is 5.60. The van der Waals surface area contributed by atoms with Crippen LogP contribution < -0.4 is 16.0 Å². The third kappa shape index (κ3) is 6.90. The number of nitrogens with zero attached hydrogens (tertiary/aromatic N) is 1. The van der Waals surface area contributed by atoms with Crippen LogP contribution in [-0.4, -0.2) is 57.4 Å². The highest BCUT2D eigenvalue weighted by Crippen LogP contribution is 2.31. The van der Waals surface area contributed by atoms with E-state index in [-0.39, 0.29) is 30.3 Å². The molecule has 1 heterocycles. The lowest BCUT2D eigenvalue weighted by Crippen LogP contribution is -2.65. The lowest BCUT2D eigenvalue weighted by molar-refractivity contribution is -0.154. The normalized spacial score (nSPS) is 16.9. The number of anilines is 1. The number of para-hydroxylation sites is 1. The first kappa shape index (κ1) is 29.9. The second kappa shape index (κ2) is 13.6. The molecule has 220 valence electrons. The summed E-state index contributed by atoms with van der Waals surface area (Å²) in [5, 5.41) is 21.7. The number of thiocarbonyl (C=S) groups is 1. The van der Waals surface area contributed by atoms with Crippen molar-refractivity contribution in [1.82, 2.24) is 15.5 Å². The van der Waals surface area contributed by atoms with E-state index in [1.54, 1.807) is 0 Å². The predicted molar refractivity (Wildman–Crippen MR) is 172 cm³/mol. The van der Waals surface area contributed by atoms with Crippen molar-refractivity contribution in [3.63, 3.8) is 0 Å². The van der Waals surface area contributed by atoms with Gasteiger partial charge in [0.2, 0.25) is 5.54 Å². The molecule has 1 saturated heterocycles. The van der Waals surface area contributed by atoms with Crippen LogP contribution in [0.3, 0.4) is 0 Å². The molecule has 0 unspecified atom stereocenters. The second-order valence-electron chi connectivity index (χ2n) is 10.7. The Morgan fingerprint density at radius 1 is 0.860 bits per heavy atom. The number of carbonyl (C=O) groups is 3. The van der Waals surface area contributed by atoms with Gasteiger partial charge in [-0.2, -0.15) is 0 Å². The Balaban J connectivity index is 1.37. The molecule has 0 aromatic heterocycles. The molecule has 2 atom stereocenters. The number of hydrogen-bond donors (Lipinski definition) is 4. The van der Waals surface area contributed by atoms with Gasteiger partial charge in [-0.1, -0.05) is 91.0 Å². The average molecular weight is 595 g/mol. The second-order valence-corrected chi connectivity index (χ2v) is 11.1. The van der Waals surface area contributed by atoms with Crippen LogP contribution in [0.1, 0.15) is 24.0 Å². The fourth-order valence-corrected chi connectivity index (χ4v) is 5.90. The Hall–Kier alpha value is -4.60. The van der Waals surface area contributed by atoms with Gasteiger partial charge in [-0.25, -0.2) is 4.79 Å². The van der Waals surface area contributed by atoms with E-state index >= 15 is 0 Å². The first-order valence-corrected chi connectivity index (χ1v) is 14.7. The number of rotatable bonds is 11. The van der Waals surface area contributed by atoms with E-state index in [0.717, 1.165) is 21.9 Å². The molecule has 4 aromatic carbocycles. The van der Waals surface area contributed by atoms with Gasteiger partial charge >= 0.3 is 5.97 Å². The lowest BCUT2D eigenvalue weighted by atomic mass is 9.93. The number of aliphatic carboxylic acids is 1. The van der Waals surface area contributed by atoms with Gasteiger partial charge in [0.15, 0.2) is 10.9 Å². The number of ketones is 1. The number of carboxylic acids is 1. The molecule has 43 heavy (non-hydrogen) atoms. The summed E-state index contributed by atoms with van der Waals surface area (Å²) in [5.41, 5.74) is 0.622. The molecular formula is C34H34N4O4S. The fraction of sp³-hybridized carbons (Fsp3) is 0.235. The van der Waals surface area contributed by atoms with Crippen molar-refractivity contribution in [2.75, 3.05) is 18.4 Å². The summed E-state index contributed by atoms with van der Waals surface area (Å²) in [6.45, 7) is 0.779. The molecule has 1 aliphatic heterocycles. The Morgan fingerprint density at radius 3 is 2.26 bits per heavy atom. The molecule has 1 amide bonds. The van der Waals surface area contributed by atoms with E-state index in [4.69, 9.17) is 12.2 Å². The molecule has 0 radical (unpaired) electrons. The molecular weight excluding hydrogens is 560 g/mol. The molecule has 4 N–H and O–H groups in total. The van der Waals surface area contributed by atoms with Crippen LogP contribution >= 0.6 is 12.2 Å². The summed E-state index contributed by atoms with van der Waals surface area (Å²) in [5.74, 6) is -2.30. The van der Waals surface area contributed by atoms with Crippen molar-refractivity contribution < 1.29 is 19.5 Å². The number of nitrogens with one attached hydrogen (secondary N) is 3. The minimum atomic E-state index is -1.95. The van der Waals surface area contributed by atoms with Crippen molar-refractivity contribution in [3.8, 4) is 0 Å². The van der Waals surface area contributed by atoms with Crippen LogP contribution in [0.4, 0.5) is 5.69 Å². The highest BCUT2D eigenvalue weighted by molar-refractivity contribution is 7.80. The molecule has 0 spiro atoms. The van der Waals surface area contributed by atoms with E-state index in [0.29, 0.717) is 25.2 Å². The van der Waals surface area contributed by atoms with Crippen molar-refractivity contribution >= 4 is 51.4 Å². The number of Topliss-reactive ketones (excluding diaryl/α,β-unsaturated/α-hetero) is 1. The van der Waals surface area contributed by atoms with Gasteiger partial charge in [0.25, 0.3) is 5.91 Å². The van der Waals surface area contributed by atoms with Crippen LogP contribution in [0.15, 0.2) is 103 Å². The third-order valence-electron chi connectivity index (χ3n) is 7.80. The standard InChI is InChI=1S/C34H34N4O4S/c39-30(23-35-22-24-10-3-1-4-11-24)29(21-25-16-17-26-12-7-8-13-27(26)20-25)37-31(40)34(32(41)42)18-9-19-38(34)33(43)36-28-14-5-2-6-15-28/h1-8,10-17,20,29,35H,9,18-19,21-23H2,(H,36,43)(H,37,40)(H,41,42)/t29-,34-/m0/s1. The number of benzene rings is 4. The Kier molecular flexibility index (Phi) is 9.44. The summed E-state index contributed by atoms with van der Waals surface area (Å²) in [7, 11) is 0. The number of carbonyl (C=O) groups excluding carboxylic acids is 2. The van der Waals surface area contributed by atoms with Crippen LogP contribution in [0.2, 0.25) is 0 Å². The smallest absolute Gasteiger partial charge is 0.339 e. The third-order valence-corrected chi connectivity index (χ3v) is 8.12. The van der Waals surface area contributed by atoms with Gasteiger partial charge in [-0.3, -0.25) is 9.59 Å². The SMILES string of the molecule is O=C(CNCc1ccccc1)[C@H](Cc1ccc2ccccc2c1)NC(=O)[C@]1(C(=O)O)CCCN1C(=S)Nc1ccccc1. The van der Waals surface area contributed by atoms with Crippen LogP contribution in [0.25, 0.3) is 10.8 Å². The molecule has 0 bridgehead atoms. The van der Waals surface area contributed by atoms with Crippen molar-refractivity contribution in [2.24, 2.45) is 0 Å². The zero-order valence-corrected chi connectivity index (χ0v) is 24.5. The number of amides is 1. The topological polar surface area (TPSA) is 111 Å². The van der Waals surface area contributed by atoms with Gasteiger partial charge < -0.3 is 26.0 Å². The Labute approximate surface area is 256 Å². The minimum Gasteiger partial charge on any atom is -0.479 e. The summed E-state index contributed by atoms with van der Waals surface area (Å²) < 4.78 is 0. The fourth-order valence-electron chi connectivity index (χ4n) is 5.54. The molecule has 8 nitrogen and oxygen atoms in total. The lowest BCUT2D eigenvalue weighted by Gasteiger charge is -2.36. The van der Waals surface area contributed by atoms with Crippen molar-refractivity contribution in [2.45, 2.75) is 37.4 Å². The molecule has 9 heteroatoms. The van der Waals surface area contributed by atoms with Crippen LogP contribution in [-0.2, 0) is 27.3 Å². The van der Waals surface area contributed by atoms with Crippen LogP contribution in [0.5, 0.6) is 0 Å². The minimum absolute atomic E-state index is 0.00514. The molecule has 5 rings (SSSR count). The number of fused-ring (bicyclic) bond motifs is 1. The van der Waals surface area contributed by atoms with E-state index < -0.39 is 23.5 Å². The number of carboxylic acid groups (broad SMARTS) is 1. The van der Waals surface area contributed by atoms with E-state index in [9.17, 15) is 19.5 Å². The molecule has 0 aliphatic carbocycles. The summed E-state index contributed by atoms with van der Waals surface area (Å²) in [6, 6.07) is 31.7. The first-order valence-electron chi connectivity index (χ1n) is 14.3. The highest BCUT2D eigenvalue weighted by atomic mass is 32.1. The van der Waals surface area contributed by atoms with Crippen molar-refractivity contribution in [1.29, 1.82) is 0 Å². The van der Waals surface area contributed by atoms with Crippen LogP contribution in [0, 0.1) is 0 Å². The first-order chi connectivity index (χ1) is 20.9. The predicted octanol–water partition coefficient (Wildman–Crippen LogP) is 4.54. The van der Waals surface area contributed by atoms with Gasteiger partial charge in [-0.15, -0.1) is 0 Å². The average Bonchev–Trinajstić information content (AvgIpc) is 3.49. The molecule has 1 fully saturated rings. The maximum atomic E-state index is 14.0. The zero-order valence-electron chi connectivity index (χ0n) is 23.7. The monoisotopic (exact) mass is 594 g/mol. The Bertz CT molecular complexity index is 1610. The summed E-state index contributed by atoms with van der Waals surface area (Å²) in [6.07, 6.45) is 0.733. The van der Waals surface area contributed by atoms with E-state index in [1.807, 2.05) is 103 Å². The quantitative estimate of drug-likeness (QED) is 0.148. The van der Waals surface area contributed by atoms with Gasteiger partial charge in [0.05, 0.1) is 12.6 Å². The Morgan fingerprint density at radius 2 is 1.53 bits per heavy atom.